The van der Waals surface area contributed by atoms with Crippen LogP contribution in [0.5, 0.6) is 0 Å². The Hall–Kier alpha value is -1.76. The van der Waals surface area contributed by atoms with E-state index in [9.17, 15) is 13.2 Å². The lowest BCUT2D eigenvalue weighted by Crippen LogP contribution is -2.11. The molecule has 0 unspecified atom stereocenters. The number of nitrogens with zero attached hydrogens (tertiary/aromatic N) is 1. The third kappa shape index (κ3) is 4.10. The van der Waals surface area contributed by atoms with Gasteiger partial charge in [-0.05, 0) is 47.9 Å². The van der Waals surface area contributed by atoms with E-state index in [4.69, 9.17) is 0 Å². The first-order valence-corrected chi connectivity index (χ1v) is 7.43. The van der Waals surface area contributed by atoms with Crippen LogP contribution in [-0.4, -0.2) is 11.5 Å². The molecule has 0 atom stereocenters. The van der Waals surface area contributed by atoms with E-state index < -0.39 is 11.7 Å². The van der Waals surface area contributed by atoms with Crippen molar-refractivity contribution in [1.82, 2.24) is 4.98 Å². The maximum atomic E-state index is 12.9. The van der Waals surface area contributed by atoms with Crippen molar-refractivity contribution in [2.24, 2.45) is 0 Å². The van der Waals surface area contributed by atoms with Crippen LogP contribution < -0.4 is 10.6 Å². The minimum Gasteiger partial charge on any atom is -0.370 e. The van der Waals surface area contributed by atoms with Crippen LogP contribution in [0.3, 0.4) is 0 Å². The number of aryl methyl sites for hydroxylation is 1. The molecule has 0 fully saturated rings. The maximum Gasteiger partial charge on any atom is 0.416 e. The van der Waals surface area contributed by atoms with E-state index in [1.165, 1.54) is 0 Å². The van der Waals surface area contributed by atoms with Crippen LogP contribution in [0.1, 0.15) is 23.6 Å². The van der Waals surface area contributed by atoms with Gasteiger partial charge in [0, 0.05) is 13.1 Å². The molecule has 2 N–H and O–H groups in total. The van der Waals surface area contributed by atoms with E-state index in [0.717, 1.165) is 23.3 Å². The maximum absolute atomic E-state index is 12.9. The van der Waals surface area contributed by atoms with Crippen molar-refractivity contribution in [3.63, 3.8) is 0 Å². The van der Waals surface area contributed by atoms with Crippen molar-refractivity contribution in [3.8, 4) is 0 Å². The van der Waals surface area contributed by atoms with Gasteiger partial charge in [0.15, 0.2) is 0 Å². The summed E-state index contributed by atoms with van der Waals surface area (Å²) in [7, 11) is 0. The quantitative estimate of drug-likeness (QED) is 0.852. The van der Waals surface area contributed by atoms with Crippen molar-refractivity contribution >= 4 is 23.0 Å². The topological polar surface area (TPSA) is 37.0 Å². The van der Waals surface area contributed by atoms with Gasteiger partial charge in [0.05, 0.1) is 5.56 Å². The SMILES string of the molecule is CCNc1cc(C(F)(F)F)cc(NCc2cscc2C)n1. The van der Waals surface area contributed by atoms with Gasteiger partial charge in [-0.1, -0.05) is 0 Å². The summed E-state index contributed by atoms with van der Waals surface area (Å²) in [6.07, 6.45) is -4.39. The fourth-order valence-electron chi connectivity index (χ4n) is 1.81. The Morgan fingerprint density at radius 3 is 2.33 bits per heavy atom. The summed E-state index contributed by atoms with van der Waals surface area (Å²) >= 11 is 1.57. The second kappa shape index (κ2) is 6.34. The summed E-state index contributed by atoms with van der Waals surface area (Å²) in [6, 6.07) is 2.05. The van der Waals surface area contributed by atoms with Gasteiger partial charge in [-0.15, -0.1) is 0 Å². The van der Waals surface area contributed by atoms with E-state index in [1.54, 1.807) is 11.3 Å². The molecular formula is C14H16F3N3S. The van der Waals surface area contributed by atoms with Crippen LogP contribution in [0, 0.1) is 6.92 Å². The predicted molar refractivity (Wildman–Crippen MR) is 79.8 cm³/mol. The fraction of sp³-hybridized carbons (Fsp3) is 0.357. The zero-order valence-electron chi connectivity index (χ0n) is 11.7. The molecule has 2 aromatic heterocycles. The number of nitrogens with one attached hydrogen (secondary N) is 2. The normalized spacial score (nSPS) is 11.5. The number of halogens is 3. The van der Waals surface area contributed by atoms with Crippen LogP contribution in [0.4, 0.5) is 24.8 Å². The summed E-state index contributed by atoms with van der Waals surface area (Å²) in [5.74, 6) is 0.434. The van der Waals surface area contributed by atoms with Crippen molar-refractivity contribution in [1.29, 1.82) is 0 Å². The minimum absolute atomic E-state index is 0.214. The van der Waals surface area contributed by atoms with E-state index >= 15 is 0 Å². The molecule has 21 heavy (non-hydrogen) atoms. The fourth-order valence-corrected chi connectivity index (χ4v) is 2.67. The molecule has 0 saturated heterocycles. The molecule has 0 radical (unpaired) electrons. The molecule has 0 amide bonds. The molecule has 2 heterocycles. The van der Waals surface area contributed by atoms with Crippen molar-refractivity contribution in [2.75, 3.05) is 17.2 Å². The summed E-state index contributed by atoms with van der Waals surface area (Å²) in [5.41, 5.74) is 1.47. The Kier molecular flexibility index (Phi) is 4.72. The zero-order chi connectivity index (χ0) is 15.5. The molecule has 114 valence electrons. The predicted octanol–water partition coefficient (Wildman–Crippen LogP) is 4.51. The van der Waals surface area contributed by atoms with Crippen molar-refractivity contribution in [3.05, 3.63) is 39.6 Å². The average Bonchev–Trinajstić information content (AvgIpc) is 2.81. The highest BCUT2D eigenvalue weighted by molar-refractivity contribution is 7.08. The third-order valence-corrected chi connectivity index (χ3v) is 3.84. The second-order valence-corrected chi connectivity index (χ2v) is 5.33. The van der Waals surface area contributed by atoms with Gasteiger partial charge in [0.2, 0.25) is 0 Å². The smallest absolute Gasteiger partial charge is 0.370 e. The molecule has 3 nitrogen and oxygen atoms in total. The number of pyridine rings is 1. The van der Waals surface area contributed by atoms with Gasteiger partial charge >= 0.3 is 6.18 Å². The lowest BCUT2D eigenvalue weighted by molar-refractivity contribution is -0.137. The molecule has 2 aromatic rings. The lowest BCUT2D eigenvalue weighted by Gasteiger charge is -2.13. The first-order valence-electron chi connectivity index (χ1n) is 6.49. The van der Waals surface area contributed by atoms with Crippen LogP contribution in [0.25, 0.3) is 0 Å². The number of aromatic nitrogens is 1. The Bertz CT molecular complexity index is 608. The molecule has 0 spiro atoms. The van der Waals surface area contributed by atoms with Gasteiger partial charge in [0.1, 0.15) is 11.6 Å². The van der Waals surface area contributed by atoms with Gasteiger partial charge < -0.3 is 10.6 Å². The summed E-state index contributed by atoms with van der Waals surface area (Å²) in [5, 5.41) is 9.74. The first-order chi connectivity index (χ1) is 9.90. The first kappa shape index (κ1) is 15.6. The molecule has 0 aromatic carbocycles. The van der Waals surface area contributed by atoms with Crippen LogP contribution in [-0.2, 0) is 12.7 Å². The summed E-state index contributed by atoms with van der Waals surface area (Å²) < 4.78 is 38.7. The van der Waals surface area contributed by atoms with Crippen LogP contribution in [0.2, 0.25) is 0 Å². The number of thiophene rings is 1. The largest absolute Gasteiger partial charge is 0.416 e. The molecular weight excluding hydrogens is 299 g/mol. The molecule has 0 aliphatic carbocycles. The van der Waals surface area contributed by atoms with Gasteiger partial charge in [-0.25, -0.2) is 4.98 Å². The highest BCUT2D eigenvalue weighted by Gasteiger charge is 2.31. The monoisotopic (exact) mass is 315 g/mol. The highest BCUT2D eigenvalue weighted by Crippen LogP contribution is 2.32. The number of rotatable bonds is 5. The third-order valence-electron chi connectivity index (χ3n) is 2.93. The van der Waals surface area contributed by atoms with Gasteiger partial charge in [-0.3, -0.25) is 0 Å². The minimum atomic E-state index is -4.39. The average molecular weight is 315 g/mol. The molecule has 7 heteroatoms. The van der Waals surface area contributed by atoms with Crippen molar-refractivity contribution in [2.45, 2.75) is 26.6 Å². The van der Waals surface area contributed by atoms with Crippen LogP contribution >= 0.6 is 11.3 Å². The van der Waals surface area contributed by atoms with E-state index in [2.05, 4.69) is 15.6 Å². The Balaban J connectivity index is 2.21. The molecule has 0 aliphatic rings. The number of alkyl halides is 3. The molecule has 0 bridgehead atoms. The standard InChI is InChI=1S/C14H16F3N3S/c1-3-18-12-4-11(14(15,16)17)5-13(20-12)19-6-10-8-21-7-9(10)2/h4-5,7-8H,3,6H2,1-2H3,(H2,18,19,20). The Labute approximate surface area is 125 Å². The number of anilines is 2. The summed E-state index contributed by atoms with van der Waals surface area (Å²) in [6.45, 7) is 4.74. The van der Waals surface area contributed by atoms with Crippen LogP contribution in [0.15, 0.2) is 22.9 Å². The summed E-state index contributed by atoms with van der Waals surface area (Å²) in [4.78, 5) is 4.15. The van der Waals surface area contributed by atoms with E-state index in [1.807, 2.05) is 24.6 Å². The number of hydrogen-bond donors (Lipinski definition) is 2. The Morgan fingerprint density at radius 2 is 1.81 bits per heavy atom. The van der Waals surface area contributed by atoms with E-state index in [-0.39, 0.29) is 11.6 Å². The molecule has 0 saturated carbocycles. The molecule has 0 aliphatic heterocycles. The van der Waals surface area contributed by atoms with E-state index in [0.29, 0.717) is 13.1 Å². The highest BCUT2D eigenvalue weighted by atomic mass is 32.1. The molecule has 2 rings (SSSR count). The lowest BCUT2D eigenvalue weighted by atomic mass is 10.2. The second-order valence-electron chi connectivity index (χ2n) is 4.59. The zero-order valence-corrected chi connectivity index (χ0v) is 12.5. The number of hydrogen-bond acceptors (Lipinski definition) is 4. The Morgan fingerprint density at radius 1 is 1.14 bits per heavy atom. The van der Waals surface area contributed by atoms with Gasteiger partial charge in [0.25, 0.3) is 0 Å². The van der Waals surface area contributed by atoms with Crippen molar-refractivity contribution < 1.29 is 13.2 Å². The van der Waals surface area contributed by atoms with Gasteiger partial charge in [-0.2, -0.15) is 24.5 Å².